The molecule has 0 radical (unpaired) electrons. The fraction of sp³-hybridized carbons (Fsp3) is 0.600. The van der Waals surface area contributed by atoms with Crippen molar-refractivity contribution in [3.63, 3.8) is 0 Å². The van der Waals surface area contributed by atoms with E-state index in [1.807, 2.05) is 11.8 Å². The summed E-state index contributed by atoms with van der Waals surface area (Å²) in [6.45, 7) is 7.87. The van der Waals surface area contributed by atoms with E-state index in [-0.39, 0.29) is 17.9 Å². The molecule has 0 saturated carbocycles. The zero-order valence-corrected chi connectivity index (χ0v) is 17.8. The molecule has 29 heavy (non-hydrogen) atoms. The number of piperazine rings is 1. The van der Waals surface area contributed by atoms with Gasteiger partial charge in [-0.05, 0) is 25.1 Å². The number of rotatable bonds is 6. The van der Waals surface area contributed by atoms with Crippen LogP contribution in [0.3, 0.4) is 0 Å². The van der Waals surface area contributed by atoms with Crippen LogP contribution in [0.5, 0.6) is 5.75 Å². The number of halogens is 1. The molecule has 2 aliphatic rings. The highest BCUT2D eigenvalue weighted by atomic mass is 35.5. The number of hydrogen-bond acceptors (Lipinski definition) is 6. The molecule has 0 aliphatic carbocycles. The van der Waals surface area contributed by atoms with E-state index in [1.165, 1.54) is 0 Å². The highest BCUT2D eigenvalue weighted by molar-refractivity contribution is 6.31. The Balaban J connectivity index is 1.48. The summed E-state index contributed by atoms with van der Waals surface area (Å²) in [5.74, 6) is 0.616. The van der Waals surface area contributed by atoms with E-state index in [2.05, 4.69) is 15.1 Å². The SMILES string of the molecule is COc1ccc(Cl)cc1NC(=O)[C@@H](C)N1CCN(CC(=O)N2CCOCC2)CC1. The monoisotopic (exact) mass is 424 g/mol. The second kappa shape index (κ2) is 10.2. The fourth-order valence-corrected chi connectivity index (χ4v) is 3.77. The molecule has 0 bridgehead atoms. The summed E-state index contributed by atoms with van der Waals surface area (Å²) < 4.78 is 10.6. The molecule has 1 atom stereocenters. The van der Waals surface area contributed by atoms with Gasteiger partial charge < -0.3 is 19.7 Å². The fourth-order valence-electron chi connectivity index (χ4n) is 3.59. The molecule has 0 spiro atoms. The van der Waals surface area contributed by atoms with E-state index >= 15 is 0 Å². The van der Waals surface area contributed by atoms with Gasteiger partial charge in [-0.1, -0.05) is 11.6 Å². The van der Waals surface area contributed by atoms with Gasteiger partial charge in [0, 0.05) is 44.3 Å². The molecule has 2 fully saturated rings. The second-order valence-electron chi connectivity index (χ2n) is 7.32. The number of methoxy groups -OCH3 is 1. The molecule has 0 unspecified atom stereocenters. The van der Waals surface area contributed by atoms with E-state index in [4.69, 9.17) is 21.1 Å². The molecule has 8 nitrogen and oxygen atoms in total. The average molecular weight is 425 g/mol. The van der Waals surface area contributed by atoms with Crippen LogP contribution in [-0.2, 0) is 14.3 Å². The lowest BCUT2D eigenvalue weighted by Crippen LogP contribution is -2.55. The number of amides is 2. The maximum atomic E-state index is 12.7. The number of nitrogens with one attached hydrogen (secondary N) is 1. The van der Waals surface area contributed by atoms with Gasteiger partial charge in [0.2, 0.25) is 11.8 Å². The van der Waals surface area contributed by atoms with Crippen molar-refractivity contribution in [1.29, 1.82) is 0 Å². The first-order chi connectivity index (χ1) is 14.0. The Morgan fingerprint density at radius 3 is 2.52 bits per heavy atom. The Kier molecular flexibility index (Phi) is 7.71. The Morgan fingerprint density at radius 1 is 1.17 bits per heavy atom. The van der Waals surface area contributed by atoms with Gasteiger partial charge in [0.05, 0.1) is 38.6 Å². The summed E-state index contributed by atoms with van der Waals surface area (Å²) in [5.41, 5.74) is 0.562. The van der Waals surface area contributed by atoms with Crippen LogP contribution in [0, 0.1) is 0 Å². The van der Waals surface area contributed by atoms with Crippen molar-refractivity contribution < 1.29 is 19.1 Å². The maximum absolute atomic E-state index is 12.7. The normalized spacial score (nSPS) is 19.6. The van der Waals surface area contributed by atoms with Crippen LogP contribution in [-0.4, -0.2) is 98.7 Å². The van der Waals surface area contributed by atoms with Gasteiger partial charge in [-0.3, -0.25) is 19.4 Å². The van der Waals surface area contributed by atoms with Gasteiger partial charge >= 0.3 is 0 Å². The third-order valence-corrected chi connectivity index (χ3v) is 5.71. The second-order valence-corrected chi connectivity index (χ2v) is 7.75. The number of nitrogens with zero attached hydrogens (tertiary/aromatic N) is 3. The molecular formula is C20H29ClN4O4. The molecule has 1 aromatic rings. The molecule has 9 heteroatoms. The Hall–Kier alpha value is -1.87. The molecule has 2 saturated heterocycles. The quantitative estimate of drug-likeness (QED) is 0.738. The Labute approximate surface area is 176 Å². The van der Waals surface area contributed by atoms with Crippen molar-refractivity contribution >= 4 is 29.1 Å². The number of hydrogen-bond donors (Lipinski definition) is 1. The maximum Gasteiger partial charge on any atom is 0.241 e. The molecule has 160 valence electrons. The van der Waals surface area contributed by atoms with Crippen molar-refractivity contribution in [2.75, 3.05) is 71.5 Å². The van der Waals surface area contributed by atoms with Crippen molar-refractivity contribution in [3.05, 3.63) is 23.2 Å². The number of benzene rings is 1. The summed E-state index contributed by atoms with van der Waals surface area (Å²) >= 11 is 6.04. The summed E-state index contributed by atoms with van der Waals surface area (Å²) in [7, 11) is 1.56. The predicted octanol–water partition coefficient (Wildman–Crippen LogP) is 1.15. The van der Waals surface area contributed by atoms with Crippen molar-refractivity contribution in [1.82, 2.24) is 14.7 Å². The van der Waals surface area contributed by atoms with Crippen molar-refractivity contribution in [3.8, 4) is 5.75 Å². The van der Waals surface area contributed by atoms with Gasteiger partial charge in [-0.25, -0.2) is 0 Å². The Bertz CT molecular complexity index is 718. The molecule has 2 amide bonds. The zero-order chi connectivity index (χ0) is 20.8. The topological polar surface area (TPSA) is 74.4 Å². The van der Waals surface area contributed by atoms with Crippen LogP contribution in [0.25, 0.3) is 0 Å². The first-order valence-electron chi connectivity index (χ1n) is 9.94. The van der Waals surface area contributed by atoms with Crippen LogP contribution in [0.2, 0.25) is 5.02 Å². The minimum absolute atomic E-state index is 0.108. The molecule has 2 aliphatic heterocycles. The number of carbonyl (C=O) groups is 2. The van der Waals surface area contributed by atoms with E-state index in [0.29, 0.717) is 49.3 Å². The van der Waals surface area contributed by atoms with Gasteiger partial charge in [-0.15, -0.1) is 0 Å². The molecular weight excluding hydrogens is 396 g/mol. The summed E-state index contributed by atoms with van der Waals surface area (Å²) in [6, 6.07) is 4.83. The lowest BCUT2D eigenvalue weighted by molar-refractivity contribution is -0.137. The lowest BCUT2D eigenvalue weighted by Gasteiger charge is -2.38. The molecule has 0 aromatic heterocycles. The average Bonchev–Trinajstić information content (AvgIpc) is 2.74. The highest BCUT2D eigenvalue weighted by Crippen LogP contribution is 2.28. The number of carbonyl (C=O) groups excluding carboxylic acids is 2. The van der Waals surface area contributed by atoms with Crippen LogP contribution in [0.4, 0.5) is 5.69 Å². The number of anilines is 1. The zero-order valence-electron chi connectivity index (χ0n) is 17.0. The van der Waals surface area contributed by atoms with Gasteiger partial charge in [0.25, 0.3) is 0 Å². The van der Waals surface area contributed by atoms with E-state index in [1.54, 1.807) is 25.3 Å². The first kappa shape index (κ1) is 21.8. The van der Waals surface area contributed by atoms with Crippen molar-refractivity contribution in [2.24, 2.45) is 0 Å². The molecule has 3 rings (SSSR count). The molecule has 1 N–H and O–H groups in total. The van der Waals surface area contributed by atoms with E-state index in [9.17, 15) is 9.59 Å². The Morgan fingerprint density at radius 2 is 1.86 bits per heavy atom. The van der Waals surface area contributed by atoms with E-state index < -0.39 is 0 Å². The summed E-state index contributed by atoms with van der Waals surface area (Å²) in [6.07, 6.45) is 0. The van der Waals surface area contributed by atoms with Gasteiger partial charge in [0.15, 0.2) is 0 Å². The standard InChI is InChI=1S/C20H29ClN4O4/c1-15(20(27)22-17-13-16(21)3-4-18(17)28-2)24-7-5-23(6-8-24)14-19(26)25-9-11-29-12-10-25/h3-4,13,15H,5-12,14H2,1-2H3,(H,22,27)/t15-/m1/s1. The van der Waals surface area contributed by atoms with Crippen LogP contribution in [0.1, 0.15) is 6.92 Å². The van der Waals surface area contributed by atoms with Gasteiger partial charge in [-0.2, -0.15) is 0 Å². The van der Waals surface area contributed by atoms with Gasteiger partial charge in [0.1, 0.15) is 5.75 Å². The largest absolute Gasteiger partial charge is 0.495 e. The number of ether oxygens (including phenoxy) is 2. The highest BCUT2D eigenvalue weighted by Gasteiger charge is 2.28. The predicted molar refractivity (Wildman–Crippen MR) is 112 cm³/mol. The minimum atomic E-state index is -0.296. The van der Waals surface area contributed by atoms with Crippen LogP contribution in [0.15, 0.2) is 18.2 Å². The molecule has 1 aromatic carbocycles. The van der Waals surface area contributed by atoms with Crippen LogP contribution >= 0.6 is 11.6 Å². The van der Waals surface area contributed by atoms with Crippen LogP contribution < -0.4 is 10.1 Å². The van der Waals surface area contributed by atoms with E-state index in [0.717, 1.165) is 26.2 Å². The third kappa shape index (κ3) is 5.82. The first-order valence-corrected chi connectivity index (χ1v) is 10.3. The summed E-state index contributed by atoms with van der Waals surface area (Å²) in [4.78, 5) is 31.3. The van der Waals surface area contributed by atoms with Crippen molar-refractivity contribution in [2.45, 2.75) is 13.0 Å². The number of morpholine rings is 1. The minimum Gasteiger partial charge on any atom is -0.495 e. The molecule has 2 heterocycles. The lowest BCUT2D eigenvalue weighted by atomic mass is 10.2. The smallest absolute Gasteiger partial charge is 0.241 e. The third-order valence-electron chi connectivity index (χ3n) is 5.48. The summed E-state index contributed by atoms with van der Waals surface area (Å²) in [5, 5.41) is 3.44.